The van der Waals surface area contributed by atoms with E-state index in [1.165, 1.54) is 12.1 Å². The average molecular weight is 399 g/mol. The van der Waals surface area contributed by atoms with E-state index in [2.05, 4.69) is 15.0 Å². The van der Waals surface area contributed by atoms with Gasteiger partial charge in [0.1, 0.15) is 12.1 Å². The van der Waals surface area contributed by atoms with Crippen LogP contribution < -0.4 is 4.90 Å². The Hall–Kier alpha value is -3.74. The van der Waals surface area contributed by atoms with Gasteiger partial charge in [0.15, 0.2) is 0 Å². The number of fused-ring (bicyclic) bond motifs is 1. The Morgan fingerprint density at radius 1 is 1.03 bits per heavy atom. The number of carbonyl (C=O) groups excluding carboxylic acids is 1. The molecule has 2 aromatic carbocycles. The highest BCUT2D eigenvalue weighted by atomic mass is 19.1. The van der Waals surface area contributed by atoms with Crippen LogP contribution >= 0.6 is 0 Å². The Balaban J connectivity index is 1.70. The predicted molar refractivity (Wildman–Crippen MR) is 112 cm³/mol. The van der Waals surface area contributed by atoms with Crippen molar-refractivity contribution in [1.29, 1.82) is 0 Å². The second-order valence-corrected chi connectivity index (χ2v) is 7.37. The second kappa shape index (κ2) is 7.26. The molecule has 2 heterocycles. The van der Waals surface area contributed by atoms with Gasteiger partial charge in [-0.2, -0.15) is 0 Å². The van der Waals surface area contributed by atoms with Gasteiger partial charge < -0.3 is 0 Å². The molecule has 0 unspecified atom stereocenters. The molecule has 0 spiro atoms. The number of carbonyl (C=O) groups is 1. The first kappa shape index (κ1) is 18.3. The molecule has 2 aromatic heterocycles. The van der Waals surface area contributed by atoms with Gasteiger partial charge in [0.25, 0.3) is 0 Å². The molecule has 0 aliphatic heterocycles. The third kappa shape index (κ3) is 3.28. The van der Waals surface area contributed by atoms with Gasteiger partial charge in [0, 0.05) is 34.4 Å². The average Bonchev–Trinajstić information content (AvgIpc) is 3.60. The fourth-order valence-electron chi connectivity index (χ4n) is 3.54. The lowest BCUT2D eigenvalue weighted by atomic mass is 9.99. The fourth-order valence-corrected chi connectivity index (χ4v) is 3.54. The summed E-state index contributed by atoms with van der Waals surface area (Å²) in [4.78, 5) is 30.9. The summed E-state index contributed by atoms with van der Waals surface area (Å²) >= 11 is 0. The molecule has 0 N–H and O–H groups in total. The molecular weight excluding hydrogens is 381 g/mol. The number of aryl methyl sites for hydroxylation is 1. The van der Waals surface area contributed by atoms with E-state index in [1.807, 2.05) is 25.1 Å². The largest absolute Gasteiger partial charge is 0.280 e. The molecule has 5 rings (SSSR count). The van der Waals surface area contributed by atoms with Crippen molar-refractivity contribution in [2.24, 2.45) is 0 Å². The number of hydrogen-bond acceptors (Lipinski definition) is 5. The Morgan fingerprint density at radius 2 is 1.80 bits per heavy atom. The Bertz CT molecular complexity index is 1250. The molecule has 1 aliphatic carbocycles. The number of benzene rings is 2. The van der Waals surface area contributed by atoms with Gasteiger partial charge in [0.05, 0.1) is 11.2 Å². The maximum atomic E-state index is 13.5. The summed E-state index contributed by atoms with van der Waals surface area (Å²) in [6.07, 6.45) is 5.93. The van der Waals surface area contributed by atoms with E-state index in [-0.39, 0.29) is 11.9 Å². The maximum Gasteiger partial charge on any atom is 0.232 e. The van der Waals surface area contributed by atoms with E-state index in [0.717, 1.165) is 52.5 Å². The van der Waals surface area contributed by atoms with Crippen molar-refractivity contribution in [1.82, 2.24) is 19.9 Å². The molecule has 7 heteroatoms. The van der Waals surface area contributed by atoms with Gasteiger partial charge >= 0.3 is 0 Å². The Kier molecular flexibility index (Phi) is 4.43. The van der Waals surface area contributed by atoms with E-state index in [9.17, 15) is 9.18 Å². The van der Waals surface area contributed by atoms with Gasteiger partial charge in [-0.05, 0) is 61.7 Å². The highest BCUT2D eigenvalue weighted by Gasteiger charge is 2.31. The monoisotopic (exact) mass is 399 g/mol. The number of anilines is 1. The highest BCUT2D eigenvalue weighted by molar-refractivity contribution is 5.90. The summed E-state index contributed by atoms with van der Waals surface area (Å²) in [7, 11) is 0. The van der Waals surface area contributed by atoms with Crippen molar-refractivity contribution >= 4 is 23.3 Å². The lowest BCUT2D eigenvalue weighted by Crippen LogP contribution is -2.25. The predicted octanol–water partition coefficient (Wildman–Crippen LogP) is 4.33. The van der Waals surface area contributed by atoms with Crippen LogP contribution in [0.2, 0.25) is 0 Å². The quantitative estimate of drug-likeness (QED) is 0.467. The first-order valence-electron chi connectivity index (χ1n) is 9.72. The van der Waals surface area contributed by atoms with Crippen molar-refractivity contribution in [3.8, 4) is 22.4 Å². The molecule has 0 bridgehead atoms. The Morgan fingerprint density at radius 3 is 2.53 bits per heavy atom. The number of amides is 1. The lowest BCUT2D eigenvalue weighted by molar-refractivity contribution is -0.107. The van der Waals surface area contributed by atoms with E-state index < -0.39 is 0 Å². The highest BCUT2D eigenvalue weighted by Crippen LogP contribution is 2.35. The molecule has 148 valence electrons. The summed E-state index contributed by atoms with van der Waals surface area (Å²) in [5.41, 5.74) is 4.81. The third-order valence-electron chi connectivity index (χ3n) is 5.32. The van der Waals surface area contributed by atoms with Crippen LogP contribution in [0.3, 0.4) is 0 Å². The molecule has 1 amide bonds. The number of halogens is 1. The number of nitrogens with zero attached hydrogens (tertiary/aromatic N) is 5. The molecule has 0 radical (unpaired) electrons. The van der Waals surface area contributed by atoms with Crippen LogP contribution in [0.4, 0.5) is 10.3 Å². The minimum atomic E-state index is -0.319. The topological polar surface area (TPSA) is 71.9 Å². The summed E-state index contributed by atoms with van der Waals surface area (Å²) < 4.78 is 13.5. The standard InChI is InChI=1S/C23H18FN5O/c1-14-19-10-16(4-9-21(19)27-12-26-14)20-11-25-23(29(13-30)18-7-8-18)28-22(20)15-2-5-17(24)6-3-15/h2-6,9-13,18H,7-8H2,1H3. The van der Waals surface area contributed by atoms with Crippen LogP contribution in [0.1, 0.15) is 18.5 Å². The van der Waals surface area contributed by atoms with Gasteiger partial charge in [0.2, 0.25) is 12.4 Å². The van der Waals surface area contributed by atoms with Crippen LogP contribution in [-0.2, 0) is 4.79 Å². The minimum absolute atomic E-state index is 0.148. The number of rotatable bonds is 5. The van der Waals surface area contributed by atoms with Crippen molar-refractivity contribution in [3.63, 3.8) is 0 Å². The van der Waals surface area contributed by atoms with Crippen LogP contribution in [0.5, 0.6) is 0 Å². The van der Waals surface area contributed by atoms with E-state index in [0.29, 0.717) is 11.6 Å². The Labute approximate surface area is 172 Å². The smallest absolute Gasteiger partial charge is 0.232 e. The molecule has 4 aromatic rings. The lowest BCUT2D eigenvalue weighted by Gasteiger charge is -2.17. The van der Waals surface area contributed by atoms with Gasteiger partial charge in [-0.25, -0.2) is 24.3 Å². The molecule has 0 saturated heterocycles. The van der Waals surface area contributed by atoms with Crippen LogP contribution in [-0.4, -0.2) is 32.4 Å². The normalized spacial score (nSPS) is 13.4. The van der Waals surface area contributed by atoms with Crippen LogP contribution in [0, 0.1) is 12.7 Å². The van der Waals surface area contributed by atoms with Crippen molar-refractivity contribution in [2.75, 3.05) is 4.90 Å². The molecule has 1 saturated carbocycles. The summed E-state index contributed by atoms with van der Waals surface area (Å²) in [5, 5.41) is 0.941. The van der Waals surface area contributed by atoms with Crippen LogP contribution in [0.15, 0.2) is 55.0 Å². The van der Waals surface area contributed by atoms with Gasteiger partial charge in [-0.3, -0.25) is 9.69 Å². The zero-order valence-corrected chi connectivity index (χ0v) is 16.3. The fraction of sp³-hybridized carbons (Fsp3) is 0.174. The van der Waals surface area contributed by atoms with Crippen molar-refractivity contribution < 1.29 is 9.18 Å². The molecule has 1 aliphatic rings. The molecule has 30 heavy (non-hydrogen) atoms. The van der Waals surface area contributed by atoms with Crippen LogP contribution in [0.25, 0.3) is 33.3 Å². The van der Waals surface area contributed by atoms with Crippen molar-refractivity contribution in [3.05, 3.63) is 66.5 Å². The second-order valence-electron chi connectivity index (χ2n) is 7.37. The van der Waals surface area contributed by atoms with E-state index in [1.54, 1.807) is 29.6 Å². The summed E-state index contributed by atoms with van der Waals surface area (Å²) in [5.74, 6) is 0.0384. The molecule has 1 fully saturated rings. The number of hydrogen-bond donors (Lipinski definition) is 0. The first-order chi connectivity index (χ1) is 14.6. The minimum Gasteiger partial charge on any atom is -0.280 e. The SMILES string of the molecule is Cc1ncnc2ccc(-c3cnc(N(C=O)C4CC4)nc3-c3ccc(F)cc3)cc12. The van der Waals surface area contributed by atoms with Gasteiger partial charge in [-0.1, -0.05) is 6.07 Å². The molecular formula is C23H18FN5O. The summed E-state index contributed by atoms with van der Waals surface area (Å²) in [6, 6.07) is 12.2. The van der Waals surface area contributed by atoms with Gasteiger partial charge in [-0.15, -0.1) is 0 Å². The number of aromatic nitrogens is 4. The molecule has 6 nitrogen and oxygen atoms in total. The third-order valence-corrected chi connectivity index (χ3v) is 5.32. The first-order valence-corrected chi connectivity index (χ1v) is 9.72. The van der Waals surface area contributed by atoms with E-state index in [4.69, 9.17) is 4.98 Å². The molecule has 0 atom stereocenters. The maximum absolute atomic E-state index is 13.5. The van der Waals surface area contributed by atoms with Crippen molar-refractivity contribution in [2.45, 2.75) is 25.8 Å². The van der Waals surface area contributed by atoms with E-state index >= 15 is 0 Å². The summed E-state index contributed by atoms with van der Waals surface area (Å²) in [6.45, 7) is 1.94. The zero-order chi connectivity index (χ0) is 20.7. The zero-order valence-electron chi connectivity index (χ0n) is 16.3.